The molecule has 0 spiro atoms. The van der Waals surface area contributed by atoms with E-state index in [2.05, 4.69) is 15.5 Å². The van der Waals surface area contributed by atoms with Crippen molar-refractivity contribution in [3.05, 3.63) is 47.7 Å². The first-order chi connectivity index (χ1) is 13.4. The number of nitrogens with one attached hydrogen (secondary N) is 1. The van der Waals surface area contributed by atoms with E-state index < -0.39 is 12.1 Å². The van der Waals surface area contributed by atoms with Gasteiger partial charge in [-0.05, 0) is 25.8 Å². The van der Waals surface area contributed by atoms with Gasteiger partial charge in [0.15, 0.2) is 6.10 Å². The van der Waals surface area contributed by atoms with E-state index in [-0.39, 0.29) is 17.2 Å². The third kappa shape index (κ3) is 4.19. The molecule has 1 atom stereocenters. The van der Waals surface area contributed by atoms with Gasteiger partial charge < -0.3 is 14.6 Å². The van der Waals surface area contributed by atoms with Crippen LogP contribution in [0.15, 0.2) is 40.9 Å². The zero-order valence-corrected chi connectivity index (χ0v) is 16.4. The molecule has 0 saturated carbocycles. The summed E-state index contributed by atoms with van der Waals surface area (Å²) in [6.45, 7) is 7.77. The number of aryl methyl sites for hydroxylation is 1. The molecular weight excluding hydrogens is 358 g/mol. The van der Waals surface area contributed by atoms with Crippen LogP contribution >= 0.6 is 0 Å². The fourth-order valence-corrected chi connectivity index (χ4v) is 2.74. The summed E-state index contributed by atoms with van der Waals surface area (Å²) in [7, 11) is 0. The zero-order chi connectivity index (χ0) is 20.3. The number of rotatable bonds is 6. The molecule has 1 unspecified atom stereocenters. The van der Waals surface area contributed by atoms with Gasteiger partial charge in [-0.1, -0.05) is 49.3 Å². The van der Waals surface area contributed by atoms with Crippen LogP contribution in [0.5, 0.6) is 0 Å². The predicted molar refractivity (Wildman–Crippen MR) is 105 cm³/mol. The lowest BCUT2D eigenvalue weighted by Crippen LogP contribution is -2.37. The molecule has 0 fully saturated rings. The summed E-state index contributed by atoms with van der Waals surface area (Å²) < 4.78 is 10.7. The monoisotopic (exact) mass is 381 g/mol. The number of aromatic nitrogens is 2. The largest absolute Gasteiger partial charge is 0.449 e. The highest BCUT2D eigenvalue weighted by Crippen LogP contribution is 2.27. The highest BCUT2D eigenvalue weighted by molar-refractivity contribution is 6.05. The lowest BCUT2D eigenvalue weighted by atomic mass is 10.1. The van der Waals surface area contributed by atoms with E-state index in [1.165, 1.54) is 0 Å². The van der Waals surface area contributed by atoms with Crippen LogP contribution < -0.4 is 5.32 Å². The molecule has 1 N–H and O–H groups in total. The van der Waals surface area contributed by atoms with Gasteiger partial charge in [0.1, 0.15) is 0 Å². The van der Waals surface area contributed by atoms with Crippen LogP contribution in [-0.2, 0) is 9.53 Å². The number of benzene rings is 1. The number of nitrogens with zero attached hydrogens (tertiary/aromatic N) is 2. The van der Waals surface area contributed by atoms with E-state index in [1.54, 1.807) is 19.9 Å². The summed E-state index contributed by atoms with van der Waals surface area (Å²) in [5.41, 5.74) is 2.45. The average molecular weight is 381 g/mol. The minimum atomic E-state index is -0.921. The lowest BCUT2D eigenvalue weighted by Gasteiger charge is -2.15. The standard InChI is InChI=1S/C21H23N3O4/c1-12(2)11-22-19(25)14(4)27-21(26)16-10-17(15-8-6-5-7-9-15)23-20-18(16)13(3)24-28-20/h5-10,12,14H,11H2,1-4H3,(H,22,25). The molecule has 0 aliphatic carbocycles. The summed E-state index contributed by atoms with van der Waals surface area (Å²) in [5.74, 6) is -0.652. The molecule has 7 heteroatoms. The number of carbonyl (C=O) groups is 2. The van der Waals surface area contributed by atoms with Crippen molar-refractivity contribution in [2.75, 3.05) is 6.54 Å². The SMILES string of the molecule is Cc1noc2nc(-c3ccccc3)cc(C(=O)OC(C)C(=O)NCC(C)C)c12. The highest BCUT2D eigenvalue weighted by atomic mass is 16.5. The molecule has 1 amide bonds. The maximum absolute atomic E-state index is 12.8. The molecule has 1 aromatic carbocycles. The van der Waals surface area contributed by atoms with Gasteiger partial charge in [-0.2, -0.15) is 0 Å². The number of fused-ring (bicyclic) bond motifs is 1. The molecule has 0 bridgehead atoms. The zero-order valence-electron chi connectivity index (χ0n) is 16.4. The fourth-order valence-electron chi connectivity index (χ4n) is 2.74. The Morgan fingerprint density at radius 1 is 1.18 bits per heavy atom. The van der Waals surface area contributed by atoms with Crippen molar-refractivity contribution in [3.8, 4) is 11.3 Å². The van der Waals surface area contributed by atoms with Gasteiger partial charge in [-0.15, -0.1) is 0 Å². The highest BCUT2D eigenvalue weighted by Gasteiger charge is 2.24. The second-order valence-corrected chi connectivity index (χ2v) is 7.06. The first kappa shape index (κ1) is 19.5. The molecule has 3 aromatic rings. The second-order valence-electron chi connectivity index (χ2n) is 7.06. The van der Waals surface area contributed by atoms with Crippen LogP contribution in [0.25, 0.3) is 22.4 Å². The molecular formula is C21H23N3O4. The van der Waals surface area contributed by atoms with Crippen LogP contribution in [0.2, 0.25) is 0 Å². The first-order valence-electron chi connectivity index (χ1n) is 9.18. The lowest BCUT2D eigenvalue weighted by molar-refractivity contribution is -0.129. The molecule has 0 radical (unpaired) electrons. The Morgan fingerprint density at radius 3 is 2.57 bits per heavy atom. The van der Waals surface area contributed by atoms with Crippen LogP contribution in [0.1, 0.15) is 36.8 Å². The smallest absolute Gasteiger partial charge is 0.339 e. The van der Waals surface area contributed by atoms with Crippen molar-refractivity contribution >= 4 is 23.0 Å². The number of carbonyl (C=O) groups excluding carboxylic acids is 2. The number of pyridine rings is 1. The van der Waals surface area contributed by atoms with E-state index in [1.807, 2.05) is 44.2 Å². The predicted octanol–water partition coefficient (Wildman–Crippen LogP) is 3.52. The van der Waals surface area contributed by atoms with Crippen molar-refractivity contribution in [1.29, 1.82) is 0 Å². The van der Waals surface area contributed by atoms with Crippen molar-refractivity contribution in [2.45, 2.75) is 33.8 Å². The van der Waals surface area contributed by atoms with Gasteiger partial charge in [0.25, 0.3) is 11.6 Å². The molecule has 3 rings (SSSR count). The molecule has 28 heavy (non-hydrogen) atoms. The van der Waals surface area contributed by atoms with E-state index >= 15 is 0 Å². The fraction of sp³-hybridized carbons (Fsp3) is 0.333. The van der Waals surface area contributed by atoms with Gasteiger partial charge in [-0.3, -0.25) is 4.79 Å². The Bertz CT molecular complexity index is 996. The van der Waals surface area contributed by atoms with Crippen LogP contribution in [-0.4, -0.2) is 34.7 Å². The Balaban J connectivity index is 1.91. The van der Waals surface area contributed by atoms with Gasteiger partial charge in [0.2, 0.25) is 0 Å². The number of amides is 1. The molecule has 7 nitrogen and oxygen atoms in total. The van der Waals surface area contributed by atoms with Gasteiger partial charge >= 0.3 is 5.97 Å². The summed E-state index contributed by atoms with van der Waals surface area (Å²) in [6, 6.07) is 11.1. The Hall–Kier alpha value is -3.22. The van der Waals surface area contributed by atoms with Crippen LogP contribution in [0, 0.1) is 12.8 Å². The molecule has 0 aliphatic rings. The number of hydrogen-bond acceptors (Lipinski definition) is 6. The van der Waals surface area contributed by atoms with Crippen LogP contribution in [0.3, 0.4) is 0 Å². The average Bonchev–Trinajstić information content (AvgIpc) is 3.06. The third-order valence-corrected chi connectivity index (χ3v) is 4.24. The maximum Gasteiger partial charge on any atom is 0.339 e. The van der Waals surface area contributed by atoms with Crippen LogP contribution in [0.4, 0.5) is 0 Å². The number of ether oxygens (including phenoxy) is 1. The summed E-state index contributed by atoms with van der Waals surface area (Å²) in [4.78, 5) is 29.5. The first-order valence-corrected chi connectivity index (χ1v) is 9.18. The van der Waals surface area contributed by atoms with E-state index in [0.29, 0.717) is 29.2 Å². The Kier molecular flexibility index (Phi) is 5.73. The second kappa shape index (κ2) is 8.21. The molecule has 0 saturated heterocycles. The minimum Gasteiger partial charge on any atom is -0.449 e. The van der Waals surface area contributed by atoms with Gasteiger partial charge in [-0.25, -0.2) is 9.78 Å². The summed E-state index contributed by atoms with van der Waals surface area (Å²) >= 11 is 0. The molecule has 2 heterocycles. The Labute approximate surface area is 163 Å². The van der Waals surface area contributed by atoms with Crippen molar-refractivity contribution in [1.82, 2.24) is 15.5 Å². The number of esters is 1. The third-order valence-electron chi connectivity index (χ3n) is 4.24. The van der Waals surface area contributed by atoms with E-state index in [9.17, 15) is 9.59 Å². The number of hydrogen-bond donors (Lipinski definition) is 1. The van der Waals surface area contributed by atoms with E-state index in [0.717, 1.165) is 5.56 Å². The van der Waals surface area contributed by atoms with Crippen molar-refractivity contribution in [3.63, 3.8) is 0 Å². The normalized spacial score (nSPS) is 12.2. The Morgan fingerprint density at radius 2 is 1.89 bits per heavy atom. The van der Waals surface area contributed by atoms with Crippen molar-refractivity contribution in [2.24, 2.45) is 5.92 Å². The van der Waals surface area contributed by atoms with Gasteiger partial charge in [0.05, 0.1) is 22.3 Å². The topological polar surface area (TPSA) is 94.3 Å². The summed E-state index contributed by atoms with van der Waals surface area (Å²) in [6.07, 6.45) is -0.921. The molecule has 2 aromatic heterocycles. The quantitative estimate of drug-likeness (QED) is 0.657. The van der Waals surface area contributed by atoms with Crippen molar-refractivity contribution < 1.29 is 18.8 Å². The molecule has 0 aliphatic heterocycles. The maximum atomic E-state index is 12.8. The minimum absolute atomic E-state index is 0.253. The molecule has 146 valence electrons. The van der Waals surface area contributed by atoms with E-state index in [4.69, 9.17) is 9.26 Å². The van der Waals surface area contributed by atoms with Gasteiger partial charge in [0, 0.05) is 12.1 Å². The summed E-state index contributed by atoms with van der Waals surface area (Å²) in [5, 5.41) is 7.16.